The van der Waals surface area contributed by atoms with E-state index in [9.17, 15) is 4.79 Å². The number of rotatable bonds is 2. The number of nitrogen functional groups attached to an aromatic ring is 1. The van der Waals surface area contributed by atoms with E-state index in [1.165, 1.54) is 0 Å². The van der Waals surface area contributed by atoms with Crippen LogP contribution in [0.15, 0.2) is 10.7 Å². The third-order valence-corrected chi connectivity index (χ3v) is 3.41. The molecule has 4 N–H and O–H groups in total. The van der Waals surface area contributed by atoms with Crippen molar-refractivity contribution < 1.29 is 4.79 Å². The summed E-state index contributed by atoms with van der Waals surface area (Å²) >= 11 is 3.37. The Bertz CT molecular complexity index is 439. The Labute approximate surface area is 108 Å². The monoisotopic (exact) mass is 299 g/mol. The Balaban J connectivity index is 2.35. The number of hydrogen-bond acceptors (Lipinski definition) is 5. The van der Waals surface area contributed by atoms with E-state index in [1.807, 2.05) is 4.90 Å². The van der Waals surface area contributed by atoms with Crippen molar-refractivity contribution in [3.63, 3.8) is 0 Å². The van der Waals surface area contributed by atoms with Gasteiger partial charge in [0, 0.05) is 12.7 Å². The third kappa shape index (κ3) is 2.49. The number of nitrogens with two attached hydrogens (primary N) is 2. The molecule has 0 bridgehead atoms. The minimum Gasteiger partial charge on any atom is -0.368 e. The van der Waals surface area contributed by atoms with Gasteiger partial charge < -0.3 is 16.4 Å². The van der Waals surface area contributed by atoms with Gasteiger partial charge in [0.1, 0.15) is 11.9 Å². The molecule has 0 saturated carbocycles. The zero-order valence-electron chi connectivity index (χ0n) is 9.27. The Morgan fingerprint density at radius 1 is 1.53 bits per heavy atom. The molecule has 1 aliphatic rings. The number of piperidine rings is 1. The van der Waals surface area contributed by atoms with Crippen LogP contribution in [0.4, 0.5) is 11.8 Å². The maximum Gasteiger partial charge on any atom is 0.240 e. The van der Waals surface area contributed by atoms with Gasteiger partial charge in [-0.2, -0.15) is 4.98 Å². The van der Waals surface area contributed by atoms with Crippen LogP contribution in [0, 0.1) is 0 Å². The predicted octanol–water partition coefficient (Wildman–Crippen LogP) is 0.665. The standard InChI is InChI=1S/C10H14BrN5O/c11-6-5-14-10(13)15-9(6)16-4-2-1-3-7(16)8(12)17/h5,7H,1-4H2,(H2,12,17)(H2,13,14,15). The zero-order valence-corrected chi connectivity index (χ0v) is 10.9. The number of carbonyl (C=O) groups excluding carboxylic acids is 1. The molecule has 17 heavy (non-hydrogen) atoms. The second-order valence-corrected chi connectivity index (χ2v) is 4.86. The van der Waals surface area contributed by atoms with Crippen molar-refractivity contribution in [3.05, 3.63) is 10.7 Å². The van der Waals surface area contributed by atoms with Crippen LogP contribution >= 0.6 is 15.9 Å². The average Bonchev–Trinajstić information content (AvgIpc) is 2.32. The van der Waals surface area contributed by atoms with Crippen LogP contribution < -0.4 is 16.4 Å². The fraction of sp³-hybridized carbons (Fsp3) is 0.500. The Kier molecular flexibility index (Phi) is 3.46. The summed E-state index contributed by atoms with van der Waals surface area (Å²) in [6.07, 6.45) is 4.36. The first-order valence-electron chi connectivity index (χ1n) is 5.43. The second kappa shape index (κ2) is 4.87. The van der Waals surface area contributed by atoms with Crippen LogP contribution in [0.1, 0.15) is 19.3 Å². The third-order valence-electron chi connectivity index (χ3n) is 2.85. The molecule has 1 amide bonds. The highest BCUT2D eigenvalue weighted by molar-refractivity contribution is 9.10. The molecule has 2 heterocycles. The molecule has 2 rings (SSSR count). The molecular formula is C10H14BrN5O. The molecule has 1 atom stereocenters. The summed E-state index contributed by atoms with van der Waals surface area (Å²) < 4.78 is 0.722. The van der Waals surface area contributed by atoms with Crippen LogP contribution in [0.25, 0.3) is 0 Å². The van der Waals surface area contributed by atoms with Crippen molar-refractivity contribution in [3.8, 4) is 0 Å². The van der Waals surface area contributed by atoms with E-state index in [0.717, 1.165) is 30.3 Å². The lowest BCUT2D eigenvalue weighted by molar-refractivity contribution is -0.119. The molecule has 7 heteroatoms. The van der Waals surface area contributed by atoms with Crippen molar-refractivity contribution in [1.29, 1.82) is 0 Å². The molecule has 0 aromatic carbocycles. The van der Waals surface area contributed by atoms with Crippen molar-refractivity contribution in [2.45, 2.75) is 25.3 Å². The molecule has 0 spiro atoms. The van der Waals surface area contributed by atoms with Gasteiger partial charge in [0.25, 0.3) is 0 Å². The van der Waals surface area contributed by atoms with Crippen molar-refractivity contribution >= 4 is 33.6 Å². The lowest BCUT2D eigenvalue weighted by Crippen LogP contribution is -2.48. The van der Waals surface area contributed by atoms with E-state index in [0.29, 0.717) is 5.82 Å². The van der Waals surface area contributed by atoms with Crippen LogP contribution in [0.3, 0.4) is 0 Å². The van der Waals surface area contributed by atoms with E-state index in [-0.39, 0.29) is 17.9 Å². The minimum atomic E-state index is -0.325. The highest BCUT2D eigenvalue weighted by atomic mass is 79.9. The summed E-state index contributed by atoms with van der Waals surface area (Å²) in [5, 5.41) is 0. The Morgan fingerprint density at radius 3 is 3.00 bits per heavy atom. The van der Waals surface area contributed by atoms with Gasteiger partial charge >= 0.3 is 0 Å². The lowest BCUT2D eigenvalue weighted by atomic mass is 10.0. The summed E-state index contributed by atoms with van der Waals surface area (Å²) in [6.45, 7) is 0.753. The van der Waals surface area contributed by atoms with E-state index in [2.05, 4.69) is 25.9 Å². The zero-order chi connectivity index (χ0) is 12.4. The normalized spacial score (nSPS) is 20.3. The van der Waals surface area contributed by atoms with Gasteiger partial charge in [-0.1, -0.05) is 0 Å². The molecule has 1 saturated heterocycles. The minimum absolute atomic E-state index is 0.192. The highest BCUT2D eigenvalue weighted by Gasteiger charge is 2.29. The summed E-state index contributed by atoms with van der Waals surface area (Å²) in [4.78, 5) is 21.4. The fourth-order valence-corrected chi connectivity index (χ4v) is 2.47. The number of primary amides is 1. The van der Waals surface area contributed by atoms with Gasteiger partial charge in [0.05, 0.1) is 4.47 Å². The van der Waals surface area contributed by atoms with Gasteiger partial charge in [-0.25, -0.2) is 4.98 Å². The summed E-state index contributed by atoms with van der Waals surface area (Å²) in [5.41, 5.74) is 11.0. The quantitative estimate of drug-likeness (QED) is 0.836. The van der Waals surface area contributed by atoms with Gasteiger partial charge in [0.15, 0.2) is 0 Å². The topological polar surface area (TPSA) is 98.1 Å². The number of anilines is 2. The number of aromatic nitrogens is 2. The highest BCUT2D eigenvalue weighted by Crippen LogP contribution is 2.29. The van der Waals surface area contributed by atoms with Crippen molar-refractivity contribution in [2.75, 3.05) is 17.2 Å². The first kappa shape index (κ1) is 12.1. The fourth-order valence-electron chi connectivity index (χ4n) is 2.05. The number of nitrogens with zero attached hydrogens (tertiary/aromatic N) is 3. The van der Waals surface area contributed by atoms with Crippen molar-refractivity contribution in [2.24, 2.45) is 5.73 Å². The second-order valence-electron chi connectivity index (χ2n) is 4.01. The first-order valence-corrected chi connectivity index (χ1v) is 6.23. The van der Waals surface area contributed by atoms with Crippen LogP contribution in [0.5, 0.6) is 0 Å². The molecule has 6 nitrogen and oxygen atoms in total. The smallest absolute Gasteiger partial charge is 0.240 e. The Morgan fingerprint density at radius 2 is 2.29 bits per heavy atom. The predicted molar refractivity (Wildman–Crippen MR) is 68.3 cm³/mol. The van der Waals surface area contributed by atoms with Crippen LogP contribution in [-0.2, 0) is 4.79 Å². The Hall–Kier alpha value is -1.37. The molecule has 1 aromatic rings. The average molecular weight is 300 g/mol. The lowest BCUT2D eigenvalue weighted by Gasteiger charge is -2.35. The maximum absolute atomic E-state index is 11.4. The molecule has 0 aliphatic carbocycles. The molecule has 1 fully saturated rings. The molecule has 1 aromatic heterocycles. The summed E-state index contributed by atoms with van der Waals surface area (Å²) in [5.74, 6) is 0.506. The van der Waals surface area contributed by atoms with E-state index >= 15 is 0 Å². The molecular weight excluding hydrogens is 286 g/mol. The molecule has 92 valence electrons. The summed E-state index contributed by atoms with van der Waals surface area (Å²) in [7, 11) is 0. The summed E-state index contributed by atoms with van der Waals surface area (Å²) in [6, 6.07) is -0.311. The molecule has 1 unspecified atom stereocenters. The van der Waals surface area contributed by atoms with E-state index < -0.39 is 0 Å². The largest absolute Gasteiger partial charge is 0.368 e. The molecule has 1 aliphatic heterocycles. The van der Waals surface area contributed by atoms with Gasteiger partial charge in [-0.05, 0) is 35.2 Å². The van der Waals surface area contributed by atoms with Crippen molar-refractivity contribution in [1.82, 2.24) is 9.97 Å². The first-order chi connectivity index (χ1) is 8.09. The van der Waals surface area contributed by atoms with Crippen LogP contribution in [-0.4, -0.2) is 28.5 Å². The van der Waals surface area contributed by atoms with Gasteiger partial charge in [0.2, 0.25) is 11.9 Å². The van der Waals surface area contributed by atoms with E-state index in [4.69, 9.17) is 11.5 Å². The van der Waals surface area contributed by atoms with Gasteiger partial charge in [-0.15, -0.1) is 0 Å². The number of amides is 1. The molecule has 0 radical (unpaired) electrons. The number of carbonyl (C=O) groups is 1. The van der Waals surface area contributed by atoms with E-state index in [1.54, 1.807) is 6.20 Å². The SMILES string of the molecule is NC(=O)C1CCCCN1c1nc(N)ncc1Br. The maximum atomic E-state index is 11.4. The van der Waals surface area contributed by atoms with Crippen LogP contribution in [0.2, 0.25) is 0 Å². The number of hydrogen-bond donors (Lipinski definition) is 2. The van der Waals surface area contributed by atoms with Gasteiger partial charge in [-0.3, -0.25) is 4.79 Å². The number of halogens is 1.